The van der Waals surface area contributed by atoms with Crippen molar-refractivity contribution in [2.45, 2.75) is 18.9 Å². The maximum absolute atomic E-state index is 10.8. The molecule has 0 saturated heterocycles. The van der Waals surface area contributed by atoms with Gasteiger partial charge in [-0.3, -0.25) is 4.79 Å². The highest BCUT2D eigenvalue weighted by atomic mass is 16.4. The Hall–Kier alpha value is -1.87. The van der Waals surface area contributed by atoms with Crippen molar-refractivity contribution in [3.8, 4) is 0 Å². The minimum Gasteiger partial charge on any atom is -0.481 e. The highest BCUT2D eigenvalue weighted by molar-refractivity contribution is 5.87. The highest BCUT2D eigenvalue weighted by Crippen LogP contribution is 2.30. The topological polar surface area (TPSA) is 57.5 Å². The van der Waals surface area contributed by atoms with Gasteiger partial charge in [-0.2, -0.15) is 0 Å². The maximum Gasteiger partial charge on any atom is 0.306 e. The van der Waals surface area contributed by atoms with E-state index in [1.165, 1.54) is 6.92 Å². The van der Waals surface area contributed by atoms with Crippen LogP contribution < -0.4 is 0 Å². The second-order valence-electron chi connectivity index (χ2n) is 4.37. The molecule has 0 bridgehead atoms. The Labute approximate surface area is 99.3 Å². The van der Waals surface area contributed by atoms with Gasteiger partial charge in [0.05, 0.1) is 12.0 Å². The molecule has 0 heterocycles. The van der Waals surface area contributed by atoms with Gasteiger partial charge >= 0.3 is 5.97 Å². The normalized spacial score (nSPS) is 14.5. The molecule has 2 aromatic rings. The Morgan fingerprint density at radius 1 is 1.18 bits per heavy atom. The van der Waals surface area contributed by atoms with Crippen LogP contribution in [0, 0.1) is 0 Å². The SMILES string of the molecule is CC(O)(CC(=O)O)c1cccc2ccccc12. The first-order valence-corrected chi connectivity index (χ1v) is 5.43. The fraction of sp³-hybridized carbons (Fsp3) is 0.214. The summed E-state index contributed by atoms with van der Waals surface area (Å²) >= 11 is 0. The number of aliphatic carboxylic acids is 1. The molecule has 0 spiro atoms. The van der Waals surface area contributed by atoms with Crippen molar-refractivity contribution in [2.75, 3.05) is 0 Å². The summed E-state index contributed by atoms with van der Waals surface area (Å²) < 4.78 is 0. The van der Waals surface area contributed by atoms with Crippen molar-refractivity contribution in [2.24, 2.45) is 0 Å². The number of hydrogen-bond acceptors (Lipinski definition) is 2. The molecule has 0 amide bonds. The molecule has 0 aliphatic rings. The third-order valence-corrected chi connectivity index (χ3v) is 2.87. The van der Waals surface area contributed by atoms with Gasteiger partial charge in [0.1, 0.15) is 0 Å². The second-order valence-corrected chi connectivity index (χ2v) is 4.37. The Bertz CT molecular complexity index is 553. The van der Waals surface area contributed by atoms with E-state index in [4.69, 9.17) is 5.11 Å². The van der Waals surface area contributed by atoms with Gasteiger partial charge in [0.2, 0.25) is 0 Å². The third-order valence-electron chi connectivity index (χ3n) is 2.87. The van der Waals surface area contributed by atoms with E-state index in [0.29, 0.717) is 5.56 Å². The number of aliphatic hydroxyl groups is 1. The summed E-state index contributed by atoms with van der Waals surface area (Å²) in [6.07, 6.45) is -0.305. The minimum atomic E-state index is -1.35. The van der Waals surface area contributed by atoms with Crippen LogP contribution in [0.25, 0.3) is 10.8 Å². The lowest BCUT2D eigenvalue weighted by atomic mass is 9.88. The van der Waals surface area contributed by atoms with E-state index >= 15 is 0 Å². The van der Waals surface area contributed by atoms with E-state index in [9.17, 15) is 9.90 Å². The van der Waals surface area contributed by atoms with Crippen molar-refractivity contribution < 1.29 is 15.0 Å². The molecule has 0 aliphatic carbocycles. The summed E-state index contributed by atoms with van der Waals surface area (Å²) in [6, 6.07) is 13.2. The van der Waals surface area contributed by atoms with Crippen LogP contribution in [0.15, 0.2) is 42.5 Å². The minimum absolute atomic E-state index is 0.305. The zero-order valence-electron chi connectivity index (χ0n) is 9.55. The van der Waals surface area contributed by atoms with Crippen molar-refractivity contribution >= 4 is 16.7 Å². The van der Waals surface area contributed by atoms with E-state index < -0.39 is 11.6 Å². The first kappa shape index (κ1) is 11.6. The lowest BCUT2D eigenvalue weighted by Crippen LogP contribution is -2.25. The first-order valence-electron chi connectivity index (χ1n) is 5.43. The predicted octanol–water partition coefficient (Wildman–Crippen LogP) is 2.52. The van der Waals surface area contributed by atoms with Crippen LogP contribution in [0.1, 0.15) is 18.9 Å². The van der Waals surface area contributed by atoms with Crippen LogP contribution in [0.5, 0.6) is 0 Å². The molecule has 2 rings (SSSR count). The van der Waals surface area contributed by atoms with Crippen LogP contribution in [0.3, 0.4) is 0 Å². The Kier molecular flexibility index (Phi) is 2.86. The molecule has 1 unspecified atom stereocenters. The van der Waals surface area contributed by atoms with Gasteiger partial charge < -0.3 is 10.2 Å². The van der Waals surface area contributed by atoms with E-state index in [1.54, 1.807) is 6.07 Å². The predicted molar refractivity (Wildman–Crippen MR) is 65.8 cm³/mol. The van der Waals surface area contributed by atoms with Gasteiger partial charge in [-0.15, -0.1) is 0 Å². The first-order chi connectivity index (χ1) is 8.00. The van der Waals surface area contributed by atoms with E-state index in [2.05, 4.69) is 0 Å². The van der Waals surface area contributed by atoms with Gasteiger partial charge in [-0.1, -0.05) is 42.5 Å². The van der Waals surface area contributed by atoms with Crippen LogP contribution in [-0.4, -0.2) is 16.2 Å². The van der Waals surface area contributed by atoms with Crippen LogP contribution in [0.4, 0.5) is 0 Å². The molecule has 3 heteroatoms. The summed E-state index contributed by atoms with van der Waals surface area (Å²) in [6.45, 7) is 1.53. The summed E-state index contributed by atoms with van der Waals surface area (Å²) in [5.41, 5.74) is -0.704. The lowest BCUT2D eigenvalue weighted by Gasteiger charge is -2.23. The second kappa shape index (κ2) is 4.18. The number of benzene rings is 2. The zero-order chi connectivity index (χ0) is 12.5. The molecule has 1 atom stereocenters. The van der Waals surface area contributed by atoms with Crippen LogP contribution in [0.2, 0.25) is 0 Å². The Morgan fingerprint density at radius 3 is 2.53 bits per heavy atom. The molecular formula is C14H14O3. The summed E-state index contributed by atoms with van der Waals surface area (Å²) in [4.78, 5) is 10.8. The summed E-state index contributed by atoms with van der Waals surface area (Å²) in [5, 5.41) is 21.0. The molecule has 17 heavy (non-hydrogen) atoms. The number of carboxylic acid groups (broad SMARTS) is 1. The summed E-state index contributed by atoms with van der Waals surface area (Å²) in [7, 11) is 0. The molecule has 0 aliphatic heterocycles. The van der Waals surface area contributed by atoms with E-state index in [1.807, 2.05) is 36.4 Å². The molecule has 3 nitrogen and oxygen atoms in total. The number of carbonyl (C=O) groups is 1. The van der Waals surface area contributed by atoms with Crippen molar-refractivity contribution in [3.05, 3.63) is 48.0 Å². The Balaban J connectivity index is 2.58. The quantitative estimate of drug-likeness (QED) is 0.851. The van der Waals surface area contributed by atoms with Crippen molar-refractivity contribution in [3.63, 3.8) is 0 Å². The van der Waals surface area contributed by atoms with Gasteiger partial charge in [-0.25, -0.2) is 0 Å². The molecule has 0 saturated carbocycles. The third kappa shape index (κ3) is 2.29. The maximum atomic E-state index is 10.8. The van der Waals surface area contributed by atoms with E-state index in [0.717, 1.165) is 10.8 Å². The van der Waals surface area contributed by atoms with Gasteiger partial charge in [-0.05, 0) is 23.3 Å². The molecule has 0 aromatic heterocycles. The molecule has 0 fully saturated rings. The number of fused-ring (bicyclic) bond motifs is 1. The Morgan fingerprint density at radius 2 is 1.82 bits per heavy atom. The van der Waals surface area contributed by atoms with Crippen molar-refractivity contribution in [1.29, 1.82) is 0 Å². The average Bonchev–Trinajstić information content (AvgIpc) is 2.26. The lowest BCUT2D eigenvalue weighted by molar-refractivity contribution is -0.142. The standard InChI is InChI=1S/C14H14O3/c1-14(17,9-13(15)16)12-8-4-6-10-5-2-3-7-11(10)12/h2-8,17H,9H2,1H3,(H,15,16). The van der Waals surface area contributed by atoms with Gasteiger partial charge in [0.25, 0.3) is 0 Å². The molecular weight excluding hydrogens is 216 g/mol. The zero-order valence-corrected chi connectivity index (χ0v) is 9.55. The van der Waals surface area contributed by atoms with Crippen LogP contribution >= 0.6 is 0 Å². The number of hydrogen-bond donors (Lipinski definition) is 2. The monoisotopic (exact) mass is 230 g/mol. The van der Waals surface area contributed by atoms with Gasteiger partial charge in [0, 0.05) is 0 Å². The summed E-state index contributed by atoms with van der Waals surface area (Å²) in [5.74, 6) is -1.01. The fourth-order valence-electron chi connectivity index (χ4n) is 2.08. The fourth-order valence-corrected chi connectivity index (χ4v) is 2.08. The molecule has 0 radical (unpaired) electrons. The van der Waals surface area contributed by atoms with Gasteiger partial charge in [0.15, 0.2) is 0 Å². The number of rotatable bonds is 3. The molecule has 2 aromatic carbocycles. The molecule has 88 valence electrons. The number of carboxylic acids is 1. The highest BCUT2D eigenvalue weighted by Gasteiger charge is 2.27. The van der Waals surface area contributed by atoms with E-state index in [-0.39, 0.29) is 6.42 Å². The van der Waals surface area contributed by atoms with Crippen molar-refractivity contribution in [1.82, 2.24) is 0 Å². The smallest absolute Gasteiger partial charge is 0.306 e. The van der Waals surface area contributed by atoms with Crippen LogP contribution in [-0.2, 0) is 10.4 Å². The largest absolute Gasteiger partial charge is 0.481 e. The molecule has 2 N–H and O–H groups in total. The average molecular weight is 230 g/mol.